The molecule has 0 aliphatic carbocycles. The van der Waals surface area contributed by atoms with Crippen LogP contribution in [0.4, 0.5) is 0 Å². The second-order valence-corrected chi connectivity index (χ2v) is 4.75. The van der Waals surface area contributed by atoms with Crippen LogP contribution in [0, 0.1) is 19.8 Å². The molecule has 1 aromatic heterocycles. The first-order valence-corrected chi connectivity index (χ1v) is 6.46. The lowest BCUT2D eigenvalue weighted by Crippen LogP contribution is -2.28. The fourth-order valence-corrected chi connectivity index (χ4v) is 2.36. The summed E-state index contributed by atoms with van der Waals surface area (Å²) in [6.07, 6.45) is 2.69. The predicted octanol–water partition coefficient (Wildman–Crippen LogP) is 2.20. The van der Waals surface area contributed by atoms with Crippen LogP contribution in [0.1, 0.15) is 37.1 Å². The van der Waals surface area contributed by atoms with Gasteiger partial charge in [-0.3, -0.25) is 0 Å². The quantitative estimate of drug-likeness (QED) is 0.854. The largest absolute Gasteiger partial charge is 0.444 e. The summed E-state index contributed by atoms with van der Waals surface area (Å²) in [6, 6.07) is 0. The molecule has 1 aromatic rings. The molecule has 0 saturated carbocycles. The zero-order valence-corrected chi connectivity index (χ0v) is 11.0. The van der Waals surface area contributed by atoms with Crippen molar-refractivity contribution in [3.8, 4) is 0 Å². The first-order chi connectivity index (χ1) is 8.20. The Hall–Kier alpha value is -0.870. The number of nitrogens with zero attached hydrogens (tertiary/aromatic N) is 1. The number of nitrogens with one attached hydrogen (secondary N) is 1. The predicted molar refractivity (Wildman–Crippen MR) is 65.8 cm³/mol. The summed E-state index contributed by atoms with van der Waals surface area (Å²) >= 11 is 0. The summed E-state index contributed by atoms with van der Waals surface area (Å²) in [5, 5.41) is 3.41. The van der Waals surface area contributed by atoms with Crippen molar-refractivity contribution >= 4 is 0 Å². The van der Waals surface area contributed by atoms with E-state index < -0.39 is 0 Å². The molecule has 1 aliphatic rings. The second kappa shape index (κ2) is 5.65. The van der Waals surface area contributed by atoms with Crippen LogP contribution in [0.3, 0.4) is 0 Å². The first kappa shape index (κ1) is 12.6. The van der Waals surface area contributed by atoms with Gasteiger partial charge in [0.1, 0.15) is 5.76 Å². The fourth-order valence-electron chi connectivity index (χ4n) is 2.36. The van der Waals surface area contributed by atoms with Gasteiger partial charge in [-0.1, -0.05) is 6.92 Å². The third kappa shape index (κ3) is 3.07. The lowest BCUT2D eigenvalue weighted by atomic mass is 10.00. The van der Waals surface area contributed by atoms with Gasteiger partial charge in [-0.2, -0.15) is 0 Å². The van der Waals surface area contributed by atoms with Crippen LogP contribution in [0.2, 0.25) is 0 Å². The first-order valence-electron chi connectivity index (χ1n) is 6.46. The van der Waals surface area contributed by atoms with E-state index in [0.29, 0.717) is 18.6 Å². The topological polar surface area (TPSA) is 47.3 Å². The number of oxazole rings is 1. The zero-order valence-electron chi connectivity index (χ0n) is 11.0. The molecular weight excluding hydrogens is 216 g/mol. The summed E-state index contributed by atoms with van der Waals surface area (Å²) in [7, 11) is 0. The number of aryl methyl sites for hydroxylation is 2. The maximum Gasteiger partial charge on any atom is 0.208 e. The number of aromatic nitrogens is 1. The maximum absolute atomic E-state index is 5.66. The summed E-state index contributed by atoms with van der Waals surface area (Å²) in [5.41, 5.74) is 0.984. The van der Waals surface area contributed by atoms with Gasteiger partial charge in [0.2, 0.25) is 5.89 Å². The third-order valence-corrected chi connectivity index (χ3v) is 3.50. The molecule has 96 valence electrons. The van der Waals surface area contributed by atoms with E-state index in [4.69, 9.17) is 9.15 Å². The van der Waals surface area contributed by atoms with Crippen molar-refractivity contribution in [2.45, 2.75) is 46.3 Å². The normalized spacial score (nSPS) is 24.4. The fraction of sp³-hybridized carbons (Fsp3) is 0.769. The summed E-state index contributed by atoms with van der Waals surface area (Å²) in [5.74, 6) is 2.33. The zero-order chi connectivity index (χ0) is 12.3. The molecule has 0 radical (unpaired) electrons. The van der Waals surface area contributed by atoms with Crippen LogP contribution < -0.4 is 5.32 Å². The van der Waals surface area contributed by atoms with Crippen LogP contribution in [0.15, 0.2) is 4.42 Å². The number of hydrogen-bond acceptors (Lipinski definition) is 4. The van der Waals surface area contributed by atoms with Gasteiger partial charge in [-0.15, -0.1) is 0 Å². The Morgan fingerprint density at radius 2 is 2.24 bits per heavy atom. The van der Waals surface area contributed by atoms with Crippen LogP contribution in [0.25, 0.3) is 0 Å². The molecule has 1 aliphatic heterocycles. The van der Waals surface area contributed by atoms with Crippen LogP contribution in [-0.4, -0.2) is 24.2 Å². The molecule has 1 fully saturated rings. The van der Waals surface area contributed by atoms with Gasteiger partial charge >= 0.3 is 0 Å². The van der Waals surface area contributed by atoms with Crippen molar-refractivity contribution in [3.63, 3.8) is 0 Å². The Labute approximate surface area is 103 Å². The Bertz CT molecular complexity index is 343. The Morgan fingerprint density at radius 3 is 2.88 bits per heavy atom. The molecule has 2 heterocycles. The minimum absolute atomic E-state index is 0.426. The summed E-state index contributed by atoms with van der Waals surface area (Å²) in [4.78, 5) is 4.35. The van der Waals surface area contributed by atoms with Gasteiger partial charge in [-0.05, 0) is 32.6 Å². The minimum Gasteiger partial charge on any atom is -0.444 e. The van der Waals surface area contributed by atoms with E-state index >= 15 is 0 Å². The molecule has 0 bridgehead atoms. The van der Waals surface area contributed by atoms with Crippen LogP contribution >= 0.6 is 0 Å². The van der Waals surface area contributed by atoms with E-state index in [0.717, 1.165) is 43.3 Å². The van der Waals surface area contributed by atoms with Crippen LogP contribution in [0.5, 0.6) is 0 Å². The maximum atomic E-state index is 5.66. The molecule has 4 heteroatoms. The van der Waals surface area contributed by atoms with E-state index in [2.05, 4.69) is 17.2 Å². The van der Waals surface area contributed by atoms with Gasteiger partial charge in [0.15, 0.2) is 0 Å². The molecule has 0 spiro atoms. The molecular formula is C13H22N2O2. The van der Waals surface area contributed by atoms with Crippen molar-refractivity contribution in [2.24, 2.45) is 5.92 Å². The molecule has 2 unspecified atom stereocenters. The van der Waals surface area contributed by atoms with Gasteiger partial charge in [0.25, 0.3) is 0 Å². The Kier molecular flexibility index (Phi) is 4.18. The van der Waals surface area contributed by atoms with E-state index in [1.165, 1.54) is 0 Å². The van der Waals surface area contributed by atoms with Gasteiger partial charge in [0.05, 0.1) is 18.3 Å². The smallest absolute Gasteiger partial charge is 0.208 e. The lowest BCUT2D eigenvalue weighted by Gasteiger charge is -2.16. The molecule has 2 rings (SSSR count). The van der Waals surface area contributed by atoms with Crippen molar-refractivity contribution in [1.29, 1.82) is 0 Å². The van der Waals surface area contributed by atoms with Crippen molar-refractivity contribution in [1.82, 2.24) is 10.3 Å². The number of rotatable bonds is 5. The van der Waals surface area contributed by atoms with Gasteiger partial charge < -0.3 is 14.5 Å². The molecule has 0 amide bonds. The monoisotopic (exact) mass is 238 g/mol. The highest BCUT2D eigenvalue weighted by Crippen LogP contribution is 2.22. The van der Waals surface area contributed by atoms with E-state index in [1.54, 1.807) is 0 Å². The Balaban J connectivity index is 1.75. The van der Waals surface area contributed by atoms with Gasteiger partial charge in [0, 0.05) is 13.2 Å². The number of ether oxygens (including phenoxy) is 1. The molecule has 2 atom stereocenters. The van der Waals surface area contributed by atoms with Crippen molar-refractivity contribution in [3.05, 3.63) is 17.3 Å². The minimum atomic E-state index is 0.426. The molecule has 1 N–H and O–H groups in total. The molecule has 0 aromatic carbocycles. The summed E-state index contributed by atoms with van der Waals surface area (Å²) < 4.78 is 11.2. The highest BCUT2D eigenvalue weighted by Gasteiger charge is 2.26. The average Bonchev–Trinajstić information content (AvgIpc) is 2.87. The average molecular weight is 238 g/mol. The van der Waals surface area contributed by atoms with E-state index in [1.807, 2.05) is 13.8 Å². The highest BCUT2D eigenvalue weighted by molar-refractivity contribution is 5.05. The van der Waals surface area contributed by atoms with Gasteiger partial charge in [-0.25, -0.2) is 4.98 Å². The van der Waals surface area contributed by atoms with Crippen molar-refractivity contribution in [2.75, 3.05) is 13.2 Å². The van der Waals surface area contributed by atoms with E-state index in [9.17, 15) is 0 Å². The van der Waals surface area contributed by atoms with E-state index in [-0.39, 0.29) is 0 Å². The number of hydrogen-bond donors (Lipinski definition) is 1. The van der Waals surface area contributed by atoms with Crippen molar-refractivity contribution < 1.29 is 9.15 Å². The second-order valence-electron chi connectivity index (χ2n) is 4.75. The lowest BCUT2D eigenvalue weighted by molar-refractivity contribution is 0.0871. The van der Waals surface area contributed by atoms with Crippen LogP contribution in [-0.2, 0) is 11.3 Å². The SMILES string of the molecule is CCC1OCCC1CNCc1nc(C)c(C)o1. The molecule has 1 saturated heterocycles. The third-order valence-electron chi connectivity index (χ3n) is 3.50. The highest BCUT2D eigenvalue weighted by atomic mass is 16.5. The Morgan fingerprint density at radius 1 is 1.41 bits per heavy atom. The molecule has 17 heavy (non-hydrogen) atoms. The summed E-state index contributed by atoms with van der Waals surface area (Å²) in [6.45, 7) is 8.70. The molecule has 4 nitrogen and oxygen atoms in total. The standard InChI is InChI=1S/C13H22N2O2/c1-4-12-11(5-6-16-12)7-14-8-13-15-9(2)10(3)17-13/h11-12,14H,4-8H2,1-3H3.